The number of benzene rings is 1. The van der Waals surface area contributed by atoms with Gasteiger partial charge in [-0.25, -0.2) is 0 Å². The Labute approximate surface area is 95.8 Å². The van der Waals surface area contributed by atoms with Crippen molar-refractivity contribution >= 4 is 26.4 Å². The van der Waals surface area contributed by atoms with Crippen LogP contribution in [0.25, 0.3) is 6.08 Å². The molecule has 0 aromatic heterocycles. The number of hydrogen-bond donors (Lipinski definition) is 0. The van der Waals surface area contributed by atoms with Crippen LogP contribution >= 0.6 is 0 Å². The van der Waals surface area contributed by atoms with Crippen LogP contribution in [0.3, 0.4) is 0 Å². The van der Waals surface area contributed by atoms with Crippen LogP contribution in [0.5, 0.6) is 0 Å². The van der Waals surface area contributed by atoms with Crippen molar-refractivity contribution in [3.05, 3.63) is 36.4 Å². The standard InChI is InChI=1S/C13H22Si2/c1-7-12-8-10-13(11-9-12)15(5,6)14(2,3)4/h7-11H,1H2,2-6H3. The molecule has 0 N–H and O–H groups in total. The first kappa shape index (κ1) is 12.5. The Bertz CT molecular complexity index is 342. The van der Waals surface area contributed by atoms with Crippen LogP contribution in [0.15, 0.2) is 30.8 Å². The second-order valence-corrected chi connectivity index (χ2v) is 22.3. The first-order chi connectivity index (χ1) is 6.79. The van der Waals surface area contributed by atoms with Gasteiger partial charge in [0.15, 0.2) is 0 Å². The summed E-state index contributed by atoms with van der Waals surface area (Å²) in [5.41, 5.74) is 1.22. The Morgan fingerprint density at radius 1 is 0.933 bits per heavy atom. The lowest BCUT2D eigenvalue weighted by Gasteiger charge is -2.35. The molecule has 1 rings (SSSR count). The van der Waals surface area contributed by atoms with Crippen molar-refractivity contribution in [2.24, 2.45) is 0 Å². The Morgan fingerprint density at radius 3 is 1.73 bits per heavy atom. The molecule has 0 fully saturated rings. The zero-order chi connectivity index (χ0) is 11.7. The first-order valence-electron chi connectivity index (χ1n) is 5.52. The second-order valence-electron chi connectivity index (χ2n) is 5.70. The van der Waals surface area contributed by atoms with E-state index < -0.39 is 15.2 Å². The average molecular weight is 234 g/mol. The van der Waals surface area contributed by atoms with Gasteiger partial charge in [0, 0.05) is 7.59 Å². The summed E-state index contributed by atoms with van der Waals surface area (Å²) in [6.45, 7) is 16.3. The third kappa shape index (κ3) is 2.50. The van der Waals surface area contributed by atoms with Gasteiger partial charge in [0.25, 0.3) is 0 Å². The van der Waals surface area contributed by atoms with E-state index >= 15 is 0 Å². The van der Waals surface area contributed by atoms with Gasteiger partial charge in [-0.05, 0) is 5.56 Å². The van der Waals surface area contributed by atoms with Crippen molar-refractivity contribution in [3.8, 4) is 0 Å². The van der Waals surface area contributed by atoms with Crippen molar-refractivity contribution in [2.45, 2.75) is 32.7 Å². The molecular formula is C13H22Si2. The largest absolute Gasteiger partial charge is 0.0985 e. The molecule has 2 heteroatoms. The minimum absolute atomic E-state index is 1.04. The van der Waals surface area contributed by atoms with Crippen molar-refractivity contribution in [1.29, 1.82) is 0 Å². The summed E-state index contributed by atoms with van der Waals surface area (Å²) in [5.74, 6) is 0. The molecule has 0 atom stereocenters. The van der Waals surface area contributed by atoms with Crippen molar-refractivity contribution in [2.75, 3.05) is 0 Å². The van der Waals surface area contributed by atoms with E-state index in [4.69, 9.17) is 0 Å². The van der Waals surface area contributed by atoms with Gasteiger partial charge in [-0.1, -0.05) is 74.8 Å². The SMILES string of the molecule is C=Cc1ccc([Si](C)(C)[Si](C)(C)C)cc1. The highest BCUT2D eigenvalue weighted by atomic mass is 29.3. The maximum Gasteiger partial charge on any atom is 0.0736 e. The van der Waals surface area contributed by atoms with Crippen LogP contribution in [0.1, 0.15) is 5.56 Å². The highest BCUT2D eigenvalue weighted by molar-refractivity contribution is 7.45. The molecule has 0 aliphatic rings. The van der Waals surface area contributed by atoms with Gasteiger partial charge in [-0.2, -0.15) is 0 Å². The minimum atomic E-state index is -1.21. The van der Waals surface area contributed by atoms with Gasteiger partial charge in [0.2, 0.25) is 0 Å². The fraction of sp³-hybridized carbons (Fsp3) is 0.385. The molecule has 0 spiro atoms. The molecule has 1 aromatic rings. The third-order valence-electron chi connectivity index (χ3n) is 3.74. The highest BCUT2D eigenvalue weighted by Crippen LogP contribution is 2.18. The monoisotopic (exact) mass is 234 g/mol. The number of rotatable bonds is 3. The van der Waals surface area contributed by atoms with Crippen molar-refractivity contribution < 1.29 is 0 Å². The molecule has 0 radical (unpaired) electrons. The lowest BCUT2D eigenvalue weighted by Crippen LogP contribution is -2.61. The molecule has 82 valence electrons. The molecule has 0 aliphatic carbocycles. The maximum atomic E-state index is 3.79. The normalized spacial score (nSPS) is 12.6. The predicted octanol–water partition coefficient (Wildman–Crippen LogP) is 3.66. The molecule has 0 amide bonds. The van der Waals surface area contributed by atoms with E-state index in [9.17, 15) is 0 Å². The molecule has 0 bridgehead atoms. The molecule has 0 heterocycles. The summed E-state index contributed by atoms with van der Waals surface area (Å²) in [6, 6.07) is 9.00. The van der Waals surface area contributed by atoms with E-state index in [-0.39, 0.29) is 0 Å². The molecule has 0 unspecified atom stereocenters. The fourth-order valence-electron chi connectivity index (χ4n) is 1.47. The summed E-state index contributed by atoms with van der Waals surface area (Å²) >= 11 is 0. The Kier molecular flexibility index (Phi) is 3.41. The van der Waals surface area contributed by atoms with Crippen LogP contribution in [-0.2, 0) is 0 Å². The number of hydrogen-bond acceptors (Lipinski definition) is 0. The molecular weight excluding hydrogens is 212 g/mol. The zero-order valence-electron chi connectivity index (χ0n) is 10.6. The summed E-state index contributed by atoms with van der Waals surface area (Å²) in [7, 11) is -2.25. The second kappa shape index (κ2) is 4.10. The van der Waals surface area contributed by atoms with Gasteiger partial charge in [-0.15, -0.1) is 0 Å². The summed E-state index contributed by atoms with van der Waals surface area (Å²) < 4.78 is 0. The Hall–Kier alpha value is -0.606. The van der Waals surface area contributed by atoms with Gasteiger partial charge in [0.05, 0.1) is 7.59 Å². The maximum absolute atomic E-state index is 3.79. The summed E-state index contributed by atoms with van der Waals surface area (Å²) in [4.78, 5) is 0. The molecule has 0 nitrogen and oxygen atoms in total. The van der Waals surface area contributed by atoms with E-state index in [1.807, 2.05) is 6.08 Å². The van der Waals surface area contributed by atoms with Crippen molar-refractivity contribution in [1.82, 2.24) is 0 Å². The first-order valence-corrected chi connectivity index (χ1v) is 13.0. The van der Waals surface area contributed by atoms with Crippen molar-refractivity contribution in [3.63, 3.8) is 0 Å². The van der Waals surface area contributed by atoms with Crippen LogP contribution in [0.4, 0.5) is 0 Å². The molecule has 0 saturated carbocycles. The van der Waals surface area contributed by atoms with Gasteiger partial charge in [0.1, 0.15) is 0 Å². The Morgan fingerprint density at radius 2 is 1.40 bits per heavy atom. The smallest absolute Gasteiger partial charge is 0.0736 e. The molecule has 0 saturated heterocycles. The lowest BCUT2D eigenvalue weighted by molar-refractivity contribution is 1.66. The van der Waals surface area contributed by atoms with E-state index in [1.165, 1.54) is 5.56 Å². The quantitative estimate of drug-likeness (QED) is 0.700. The van der Waals surface area contributed by atoms with Crippen LogP contribution in [-0.4, -0.2) is 15.2 Å². The lowest BCUT2D eigenvalue weighted by atomic mass is 10.2. The predicted molar refractivity (Wildman–Crippen MR) is 77.0 cm³/mol. The van der Waals surface area contributed by atoms with Gasteiger partial charge >= 0.3 is 0 Å². The average Bonchev–Trinajstić information content (AvgIpc) is 2.16. The van der Waals surface area contributed by atoms with Crippen LogP contribution in [0, 0.1) is 0 Å². The molecule has 15 heavy (non-hydrogen) atoms. The highest BCUT2D eigenvalue weighted by Gasteiger charge is 2.37. The van der Waals surface area contributed by atoms with Crippen LogP contribution < -0.4 is 5.19 Å². The van der Waals surface area contributed by atoms with Gasteiger partial charge < -0.3 is 0 Å². The van der Waals surface area contributed by atoms with E-state index in [0.717, 1.165) is 0 Å². The summed E-state index contributed by atoms with van der Waals surface area (Å²) in [6.07, 6.45) is 1.91. The molecule has 1 aromatic carbocycles. The van der Waals surface area contributed by atoms with E-state index in [0.29, 0.717) is 0 Å². The summed E-state index contributed by atoms with van der Waals surface area (Å²) in [5, 5.41) is 1.59. The van der Waals surface area contributed by atoms with Crippen LogP contribution in [0.2, 0.25) is 32.7 Å². The Balaban J connectivity index is 3.11. The topological polar surface area (TPSA) is 0 Å². The zero-order valence-corrected chi connectivity index (χ0v) is 12.6. The third-order valence-corrected chi connectivity index (χ3v) is 21.4. The minimum Gasteiger partial charge on any atom is -0.0985 e. The fourth-order valence-corrected chi connectivity index (χ4v) is 6.43. The molecule has 0 aliphatic heterocycles. The van der Waals surface area contributed by atoms with E-state index in [1.54, 1.807) is 5.19 Å². The van der Waals surface area contributed by atoms with E-state index in [2.05, 4.69) is 63.6 Å². The van der Waals surface area contributed by atoms with Gasteiger partial charge in [-0.3, -0.25) is 0 Å².